The Hall–Kier alpha value is -2.93. The number of aryl methyl sites for hydroxylation is 1. The molecule has 1 fully saturated rings. The van der Waals surface area contributed by atoms with E-state index in [1.165, 1.54) is 25.3 Å². The average Bonchev–Trinajstić information content (AvgIpc) is 2.76. The summed E-state index contributed by atoms with van der Waals surface area (Å²) in [7, 11) is 4.86. The molecule has 0 aromatic heterocycles. The van der Waals surface area contributed by atoms with Gasteiger partial charge in [0.25, 0.3) is 0 Å². The molecule has 7 heteroatoms. The summed E-state index contributed by atoms with van der Waals surface area (Å²) in [6.07, 6.45) is 0. The summed E-state index contributed by atoms with van der Waals surface area (Å²) in [5.41, 5.74) is 3.61. The Bertz CT molecular complexity index is 851. The number of rotatable bonds is 6. The third-order valence-corrected chi connectivity index (χ3v) is 5.36. The number of methoxy groups -OCH3 is 2. The molecule has 0 bridgehead atoms. The molecule has 0 spiro atoms. The third kappa shape index (κ3) is 5.36. The van der Waals surface area contributed by atoms with Crippen molar-refractivity contribution >= 4 is 5.96 Å². The van der Waals surface area contributed by atoms with Crippen LogP contribution in [0.3, 0.4) is 0 Å². The van der Waals surface area contributed by atoms with Gasteiger partial charge >= 0.3 is 0 Å². The lowest BCUT2D eigenvalue weighted by molar-refractivity contribution is 0.172. The van der Waals surface area contributed by atoms with Crippen molar-refractivity contribution < 1.29 is 14.6 Å². The first kappa shape index (κ1) is 21.8. The summed E-state index contributed by atoms with van der Waals surface area (Å²) < 4.78 is 10.5. The number of aromatic hydroxyl groups is 1. The minimum atomic E-state index is 0.0119. The van der Waals surface area contributed by atoms with Gasteiger partial charge in [-0.25, -0.2) is 0 Å². The summed E-state index contributed by atoms with van der Waals surface area (Å²) >= 11 is 0. The van der Waals surface area contributed by atoms with Crippen molar-refractivity contribution in [3.05, 3.63) is 53.1 Å². The van der Waals surface area contributed by atoms with Crippen LogP contribution in [0.5, 0.6) is 17.2 Å². The average molecular weight is 413 g/mol. The Morgan fingerprint density at radius 1 is 1.03 bits per heavy atom. The van der Waals surface area contributed by atoms with Crippen molar-refractivity contribution in [2.24, 2.45) is 4.99 Å². The molecule has 0 atom stereocenters. The van der Waals surface area contributed by atoms with E-state index in [-0.39, 0.29) is 5.75 Å². The highest BCUT2D eigenvalue weighted by molar-refractivity contribution is 5.80. The minimum absolute atomic E-state index is 0.0119. The normalized spacial score (nSPS) is 15.2. The van der Waals surface area contributed by atoms with E-state index >= 15 is 0 Å². The van der Waals surface area contributed by atoms with Crippen LogP contribution >= 0.6 is 0 Å². The second kappa shape index (κ2) is 10.2. The number of ether oxygens (including phenoxy) is 2. The predicted molar refractivity (Wildman–Crippen MR) is 119 cm³/mol. The zero-order chi connectivity index (χ0) is 21.5. The predicted octanol–water partition coefficient (Wildman–Crippen LogP) is 2.61. The fraction of sp³-hybridized carbons (Fsp3) is 0.435. The lowest BCUT2D eigenvalue weighted by atomic mass is 10.1. The number of hydrogen-bond donors (Lipinski definition) is 2. The van der Waals surface area contributed by atoms with Crippen LogP contribution in [0.2, 0.25) is 0 Å². The van der Waals surface area contributed by atoms with Crippen LogP contribution in [-0.4, -0.2) is 68.3 Å². The summed E-state index contributed by atoms with van der Waals surface area (Å²) in [5.74, 6) is 1.67. The highest BCUT2D eigenvalue weighted by atomic mass is 16.5. The molecule has 1 aliphatic heterocycles. The second-order valence-electron chi connectivity index (χ2n) is 7.50. The zero-order valence-electron chi connectivity index (χ0n) is 18.3. The van der Waals surface area contributed by atoms with Crippen molar-refractivity contribution in [1.82, 2.24) is 15.1 Å². The molecule has 1 aliphatic rings. The molecule has 0 aliphatic carbocycles. The molecule has 1 heterocycles. The third-order valence-electron chi connectivity index (χ3n) is 5.36. The summed E-state index contributed by atoms with van der Waals surface area (Å²) in [5, 5.41) is 13.5. The van der Waals surface area contributed by atoms with Gasteiger partial charge in [-0.1, -0.05) is 29.8 Å². The Morgan fingerprint density at radius 3 is 2.27 bits per heavy atom. The molecule has 2 aromatic rings. The molecular formula is C23H32N4O3. The molecule has 30 heavy (non-hydrogen) atoms. The van der Waals surface area contributed by atoms with Crippen LogP contribution in [0.4, 0.5) is 0 Å². The molecule has 1 saturated heterocycles. The maximum absolute atomic E-state index is 10.1. The monoisotopic (exact) mass is 412 g/mol. The fourth-order valence-electron chi connectivity index (χ4n) is 3.75. The van der Waals surface area contributed by atoms with Gasteiger partial charge in [0.1, 0.15) is 0 Å². The van der Waals surface area contributed by atoms with Gasteiger partial charge in [-0.05, 0) is 30.2 Å². The van der Waals surface area contributed by atoms with Crippen LogP contribution < -0.4 is 14.8 Å². The van der Waals surface area contributed by atoms with E-state index in [1.807, 2.05) is 0 Å². The number of nitrogens with one attached hydrogen (secondary N) is 1. The maximum atomic E-state index is 10.1. The molecule has 0 saturated carbocycles. The molecule has 0 radical (unpaired) electrons. The number of piperazine rings is 1. The Morgan fingerprint density at radius 2 is 1.70 bits per heavy atom. The number of phenolic OH excluding ortho intramolecular Hbond substituents is 1. The van der Waals surface area contributed by atoms with E-state index in [2.05, 4.69) is 51.3 Å². The Kier molecular flexibility index (Phi) is 7.41. The zero-order valence-corrected chi connectivity index (χ0v) is 18.3. The second-order valence-corrected chi connectivity index (χ2v) is 7.50. The molecule has 7 nitrogen and oxygen atoms in total. The molecule has 2 N–H and O–H groups in total. The van der Waals surface area contributed by atoms with Gasteiger partial charge < -0.3 is 24.8 Å². The molecule has 0 amide bonds. The smallest absolute Gasteiger partial charge is 0.200 e. The number of nitrogens with zero attached hydrogens (tertiary/aromatic N) is 3. The van der Waals surface area contributed by atoms with Crippen LogP contribution in [0.25, 0.3) is 0 Å². The quantitative estimate of drug-likeness (QED) is 0.562. The first-order valence-electron chi connectivity index (χ1n) is 10.2. The van der Waals surface area contributed by atoms with Crippen LogP contribution in [0, 0.1) is 6.92 Å². The van der Waals surface area contributed by atoms with E-state index in [0.717, 1.165) is 44.2 Å². The summed E-state index contributed by atoms with van der Waals surface area (Å²) in [6, 6.07) is 12.3. The number of phenols is 1. The first-order chi connectivity index (χ1) is 14.5. The highest BCUT2D eigenvalue weighted by Crippen LogP contribution is 2.37. The van der Waals surface area contributed by atoms with E-state index in [1.54, 1.807) is 19.2 Å². The van der Waals surface area contributed by atoms with Gasteiger partial charge in [-0.3, -0.25) is 9.89 Å². The van der Waals surface area contributed by atoms with Gasteiger partial charge in [0.15, 0.2) is 17.5 Å². The van der Waals surface area contributed by atoms with Crippen LogP contribution in [0.1, 0.15) is 16.7 Å². The lowest BCUT2D eigenvalue weighted by Crippen LogP contribution is -2.52. The van der Waals surface area contributed by atoms with Gasteiger partial charge in [0, 0.05) is 46.3 Å². The van der Waals surface area contributed by atoms with E-state index in [9.17, 15) is 5.11 Å². The summed E-state index contributed by atoms with van der Waals surface area (Å²) in [4.78, 5) is 9.21. The standard InChI is InChI=1S/C23H32N4O3/c1-17-6-5-7-18(12-17)16-26-8-10-27(11-9-26)23(24-2)25-15-19-13-20(29-3)22(28)21(14-19)30-4/h5-7,12-14,28H,8-11,15-16H2,1-4H3,(H,24,25). The van der Waals surface area contributed by atoms with Gasteiger partial charge in [-0.2, -0.15) is 0 Å². The van der Waals surface area contributed by atoms with Crippen molar-refractivity contribution in [2.75, 3.05) is 47.4 Å². The van der Waals surface area contributed by atoms with Crippen molar-refractivity contribution in [3.63, 3.8) is 0 Å². The SMILES string of the molecule is CN=C(NCc1cc(OC)c(O)c(OC)c1)N1CCN(Cc2cccc(C)c2)CC1. The van der Waals surface area contributed by atoms with Crippen LogP contribution in [0.15, 0.2) is 41.4 Å². The van der Waals surface area contributed by atoms with Gasteiger partial charge in [0.05, 0.1) is 14.2 Å². The van der Waals surface area contributed by atoms with Crippen molar-refractivity contribution in [2.45, 2.75) is 20.0 Å². The maximum Gasteiger partial charge on any atom is 0.200 e. The minimum Gasteiger partial charge on any atom is -0.502 e. The highest BCUT2D eigenvalue weighted by Gasteiger charge is 2.20. The number of hydrogen-bond acceptors (Lipinski definition) is 5. The van der Waals surface area contributed by atoms with Gasteiger partial charge in [-0.15, -0.1) is 0 Å². The number of aliphatic imine (C=N–C) groups is 1. The largest absolute Gasteiger partial charge is 0.502 e. The molecular weight excluding hydrogens is 380 g/mol. The van der Waals surface area contributed by atoms with Gasteiger partial charge in [0.2, 0.25) is 5.75 Å². The lowest BCUT2D eigenvalue weighted by Gasteiger charge is -2.36. The van der Waals surface area contributed by atoms with Crippen LogP contribution in [-0.2, 0) is 13.1 Å². The topological polar surface area (TPSA) is 69.6 Å². The number of benzene rings is 2. The molecule has 0 unspecified atom stereocenters. The van der Waals surface area contributed by atoms with E-state index in [0.29, 0.717) is 18.0 Å². The fourth-order valence-corrected chi connectivity index (χ4v) is 3.75. The first-order valence-corrected chi connectivity index (χ1v) is 10.2. The molecule has 162 valence electrons. The Balaban J connectivity index is 1.55. The van der Waals surface area contributed by atoms with Crippen molar-refractivity contribution in [3.8, 4) is 17.2 Å². The number of guanidine groups is 1. The van der Waals surface area contributed by atoms with Crippen molar-refractivity contribution in [1.29, 1.82) is 0 Å². The molecule has 2 aromatic carbocycles. The summed E-state index contributed by atoms with van der Waals surface area (Å²) in [6.45, 7) is 7.51. The Labute approximate surface area is 178 Å². The van der Waals surface area contributed by atoms with E-state index in [4.69, 9.17) is 9.47 Å². The molecule has 3 rings (SSSR count). The van der Waals surface area contributed by atoms with E-state index < -0.39 is 0 Å².